The Balaban J connectivity index is 1.95. The fraction of sp³-hybridized carbons (Fsp3) is 0. The average Bonchev–Trinajstić information content (AvgIpc) is 2.84. The predicted molar refractivity (Wildman–Crippen MR) is 72.1 cm³/mol. The van der Waals surface area contributed by atoms with Gasteiger partial charge in [0.25, 0.3) is 5.91 Å². The van der Waals surface area contributed by atoms with Crippen LogP contribution >= 0.6 is 0 Å². The minimum absolute atomic E-state index is 0.0447. The maximum Gasteiger partial charge on any atom is 0.274 e. The van der Waals surface area contributed by atoms with Gasteiger partial charge in [0.2, 0.25) is 0 Å². The molecule has 100 valence electrons. The summed E-state index contributed by atoms with van der Waals surface area (Å²) >= 11 is 0. The number of nitrogens with one attached hydrogen (secondary N) is 2. The van der Waals surface area contributed by atoms with Crippen molar-refractivity contribution in [2.45, 2.75) is 0 Å². The molecule has 3 rings (SSSR count). The van der Waals surface area contributed by atoms with Crippen LogP contribution in [0.4, 0.5) is 10.1 Å². The van der Waals surface area contributed by atoms with E-state index >= 15 is 0 Å². The highest BCUT2D eigenvalue weighted by molar-refractivity contribution is 6.11. The molecule has 0 unspecified atom stereocenters. The average molecular weight is 271 g/mol. The van der Waals surface area contributed by atoms with Crippen molar-refractivity contribution in [3.63, 3.8) is 0 Å². The molecule has 3 N–H and O–H groups in total. The van der Waals surface area contributed by atoms with Crippen LogP contribution in [0.25, 0.3) is 10.9 Å². The Kier molecular flexibility index (Phi) is 2.83. The number of aromatic nitrogens is 2. The van der Waals surface area contributed by atoms with Crippen LogP contribution in [0, 0.1) is 5.82 Å². The number of fused-ring (bicyclic) bond motifs is 1. The summed E-state index contributed by atoms with van der Waals surface area (Å²) in [7, 11) is 0. The Morgan fingerprint density at radius 1 is 1.25 bits per heavy atom. The van der Waals surface area contributed by atoms with Crippen LogP contribution in [0.1, 0.15) is 10.5 Å². The number of nitrogens with zero attached hydrogens (tertiary/aromatic N) is 1. The molecule has 0 fully saturated rings. The molecule has 1 heterocycles. The molecular formula is C14H10FN3O2. The van der Waals surface area contributed by atoms with Crippen molar-refractivity contribution in [1.82, 2.24) is 10.2 Å². The minimum Gasteiger partial charge on any atom is -0.508 e. The van der Waals surface area contributed by atoms with Gasteiger partial charge in [0.15, 0.2) is 5.82 Å². The van der Waals surface area contributed by atoms with Gasteiger partial charge in [-0.05, 0) is 18.2 Å². The first-order chi connectivity index (χ1) is 9.65. The highest BCUT2D eigenvalue weighted by atomic mass is 19.1. The number of amides is 1. The van der Waals surface area contributed by atoms with Crippen LogP contribution in [-0.4, -0.2) is 21.2 Å². The van der Waals surface area contributed by atoms with Gasteiger partial charge >= 0.3 is 0 Å². The Hall–Kier alpha value is -2.89. The number of para-hydroxylation sites is 1. The zero-order valence-corrected chi connectivity index (χ0v) is 10.2. The van der Waals surface area contributed by atoms with Crippen molar-refractivity contribution < 1.29 is 14.3 Å². The first kappa shape index (κ1) is 12.2. The topological polar surface area (TPSA) is 78.0 Å². The first-order valence-corrected chi connectivity index (χ1v) is 5.88. The van der Waals surface area contributed by atoms with E-state index in [9.17, 15) is 14.3 Å². The molecule has 0 aliphatic heterocycles. The van der Waals surface area contributed by atoms with Gasteiger partial charge in [-0.1, -0.05) is 18.2 Å². The number of phenolic OH excluding ortho intramolecular Hbond substituents is 1. The SMILES string of the molecule is O=C(Nc1cccc(O)c1)c1[nH]nc2c(F)cccc12. The van der Waals surface area contributed by atoms with E-state index in [0.29, 0.717) is 11.1 Å². The molecule has 0 radical (unpaired) electrons. The fourth-order valence-electron chi connectivity index (χ4n) is 1.95. The zero-order valence-electron chi connectivity index (χ0n) is 10.2. The van der Waals surface area contributed by atoms with Crippen LogP contribution in [0.15, 0.2) is 42.5 Å². The van der Waals surface area contributed by atoms with Crippen LogP contribution in [0.2, 0.25) is 0 Å². The van der Waals surface area contributed by atoms with E-state index in [0.717, 1.165) is 0 Å². The molecule has 0 saturated carbocycles. The van der Waals surface area contributed by atoms with Crippen molar-refractivity contribution in [3.05, 3.63) is 54.0 Å². The summed E-state index contributed by atoms with van der Waals surface area (Å²) in [5, 5.41) is 18.7. The van der Waals surface area contributed by atoms with Gasteiger partial charge in [-0.25, -0.2) is 4.39 Å². The molecule has 5 nitrogen and oxygen atoms in total. The number of aromatic hydroxyl groups is 1. The zero-order chi connectivity index (χ0) is 14.1. The third-order valence-electron chi connectivity index (χ3n) is 2.87. The highest BCUT2D eigenvalue weighted by Gasteiger charge is 2.15. The van der Waals surface area contributed by atoms with E-state index in [4.69, 9.17) is 0 Å². The van der Waals surface area contributed by atoms with Crippen LogP contribution in [-0.2, 0) is 0 Å². The molecule has 20 heavy (non-hydrogen) atoms. The Morgan fingerprint density at radius 3 is 2.85 bits per heavy atom. The summed E-state index contributed by atoms with van der Waals surface area (Å²) in [6, 6.07) is 10.6. The number of benzene rings is 2. The van der Waals surface area contributed by atoms with Gasteiger partial charge in [-0.2, -0.15) is 5.10 Å². The van der Waals surface area contributed by atoms with Gasteiger partial charge in [0.05, 0.1) is 0 Å². The quantitative estimate of drug-likeness (QED) is 0.670. The first-order valence-electron chi connectivity index (χ1n) is 5.88. The lowest BCUT2D eigenvalue weighted by Crippen LogP contribution is -2.12. The van der Waals surface area contributed by atoms with Crippen molar-refractivity contribution in [3.8, 4) is 5.75 Å². The molecule has 0 saturated heterocycles. The predicted octanol–water partition coefficient (Wildman–Crippen LogP) is 2.66. The number of carbonyl (C=O) groups is 1. The smallest absolute Gasteiger partial charge is 0.274 e. The van der Waals surface area contributed by atoms with Gasteiger partial charge in [-0.3, -0.25) is 9.89 Å². The molecule has 0 spiro atoms. The number of aromatic amines is 1. The van der Waals surface area contributed by atoms with Crippen molar-refractivity contribution in [2.75, 3.05) is 5.32 Å². The molecule has 0 aliphatic carbocycles. The van der Waals surface area contributed by atoms with Crippen LogP contribution in [0.3, 0.4) is 0 Å². The summed E-state index contributed by atoms with van der Waals surface area (Å²) in [6.45, 7) is 0. The lowest BCUT2D eigenvalue weighted by atomic mass is 10.2. The van der Waals surface area contributed by atoms with Crippen molar-refractivity contribution in [1.29, 1.82) is 0 Å². The molecule has 6 heteroatoms. The van der Waals surface area contributed by atoms with Crippen molar-refractivity contribution >= 4 is 22.5 Å². The highest BCUT2D eigenvalue weighted by Crippen LogP contribution is 2.21. The number of H-pyrrole nitrogens is 1. The number of carbonyl (C=O) groups excluding carboxylic acids is 1. The third kappa shape index (κ3) is 2.07. The Labute approximate surface area is 113 Å². The maximum absolute atomic E-state index is 13.5. The molecule has 0 atom stereocenters. The van der Waals surface area contributed by atoms with E-state index < -0.39 is 11.7 Å². The van der Waals surface area contributed by atoms with Crippen LogP contribution in [0.5, 0.6) is 5.75 Å². The lowest BCUT2D eigenvalue weighted by molar-refractivity contribution is 0.102. The minimum atomic E-state index is -0.491. The third-order valence-corrected chi connectivity index (χ3v) is 2.87. The summed E-state index contributed by atoms with van der Waals surface area (Å²) in [5.74, 6) is -0.901. The fourth-order valence-corrected chi connectivity index (χ4v) is 1.95. The molecule has 1 amide bonds. The molecule has 1 aromatic heterocycles. The monoisotopic (exact) mass is 271 g/mol. The second kappa shape index (κ2) is 4.65. The van der Waals surface area contributed by atoms with E-state index in [1.165, 1.54) is 24.3 Å². The van der Waals surface area contributed by atoms with Gasteiger partial charge in [0.1, 0.15) is 17.0 Å². The number of halogens is 1. The van der Waals surface area contributed by atoms with E-state index in [1.54, 1.807) is 18.2 Å². The van der Waals surface area contributed by atoms with E-state index in [-0.39, 0.29) is 17.0 Å². The largest absolute Gasteiger partial charge is 0.508 e. The van der Waals surface area contributed by atoms with E-state index in [1.807, 2.05) is 0 Å². The number of phenols is 1. The number of hydrogen-bond acceptors (Lipinski definition) is 3. The number of hydrogen-bond donors (Lipinski definition) is 3. The van der Waals surface area contributed by atoms with Crippen LogP contribution < -0.4 is 5.32 Å². The lowest BCUT2D eigenvalue weighted by Gasteiger charge is -2.04. The standard InChI is InChI=1S/C14H10FN3O2/c15-11-6-2-5-10-12(11)17-18-13(10)14(20)16-8-3-1-4-9(19)7-8/h1-7,19H,(H,16,20)(H,17,18). The molecule has 2 aromatic carbocycles. The molecule has 0 aliphatic rings. The molecule has 3 aromatic rings. The molecular weight excluding hydrogens is 261 g/mol. The maximum atomic E-state index is 13.5. The second-order valence-electron chi connectivity index (χ2n) is 4.24. The molecule has 0 bridgehead atoms. The second-order valence-corrected chi connectivity index (χ2v) is 4.24. The van der Waals surface area contributed by atoms with Crippen molar-refractivity contribution in [2.24, 2.45) is 0 Å². The van der Waals surface area contributed by atoms with E-state index in [2.05, 4.69) is 15.5 Å². The number of rotatable bonds is 2. The summed E-state index contributed by atoms with van der Waals surface area (Å²) < 4.78 is 13.5. The number of anilines is 1. The van der Waals surface area contributed by atoms with Gasteiger partial charge in [0, 0.05) is 17.1 Å². The Morgan fingerprint density at radius 2 is 2.05 bits per heavy atom. The Bertz CT molecular complexity index is 798. The van der Waals surface area contributed by atoms with Gasteiger partial charge < -0.3 is 10.4 Å². The van der Waals surface area contributed by atoms with Gasteiger partial charge in [-0.15, -0.1) is 0 Å². The summed E-state index contributed by atoms with van der Waals surface area (Å²) in [5.41, 5.74) is 0.727. The summed E-state index contributed by atoms with van der Waals surface area (Å²) in [4.78, 5) is 12.1. The normalized spacial score (nSPS) is 10.7. The summed E-state index contributed by atoms with van der Waals surface area (Å²) in [6.07, 6.45) is 0.